The van der Waals surface area contributed by atoms with E-state index in [9.17, 15) is 14.9 Å². The van der Waals surface area contributed by atoms with Crippen LogP contribution in [0.4, 0.5) is 5.69 Å². The second kappa shape index (κ2) is 5.51. The number of hydrogen-bond acceptors (Lipinski definition) is 4. The zero-order valence-electron chi connectivity index (χ0n) is 12.5. The van der Waals surface area contributed by atoms with Crippen LogP contribution in [0.5, 0.6) is 0 Å². The summed E-state index contributed by atoms with van der Waals surface area (Å²) in [6.45, 7) is 2.19. The number of nitro benzene ring substituents is 1. The number of nitro groups is 1. The van der Waals surface area contributed by atoms with Crippen LogP contribution in [-0.2, 0) is 4.79 Å². The molecule has 6 nitrogen and oxygen atoms in total. The molecule has 0 spiro atoms. The first-order chi connectivity index (χ1) is 10.5. The Morgan fingerprint density at radius 3 is 3.00 bits per heavy atom. The topological polar surface area (TPSA) is 84.6 Å². The maximum Gasteiger partial charge on any atom is 0.270 e. The van der Waals surface area contributed by atoms with Crippen LogP contribution in [0.25, 0.3) is 0 Å². The first-order valence-electron chi connectivity index (χ1n) is 7.60. The fourth-order valence-corrected chi connectivity index (χ4v) is 3.81. The van der Waals surface area contributed by atoms with Gasteiger partial charge in [-0.3, -0.25) is 14.9 Å². The molecule has 116 valence electrons. The van der Waals surface area contributed by atoms with E-state index in [-0.39, 0.29) is 22.9 Å². The van der Waals surface area contributed by atoms with E-state index in [0.717, 1.165) is 12.8 Å². The van der Waals surface area contributed by atoms with E-state index >= 15 is 0 Å². The Balaban J connectivity index is 1.60. The number of fused-ring (bicyclic) bond motifs is 1. The van der Waals surface area contributed by atoms with Crippen molar-refractivity contribution in [3.63, 3.8) is 0 Å². The van der Waals surface area contributed by atoms with Crippen LogP contribution in [0, 0.1) is 27.4 Å². The Morgan fingerprint density at radius 2 is 2.32 bits per heavy atom. The SMILES string of the molecule is C[C@]12CCCC[C@H]1[C@@H]2C(=O)N/N=C\c1cccc([N+](=O)[O-])c1. The molecule has 2 fully saturated rings. The van der Waals surface area contributed by atoms with Gasteiger partial charge in [-0.05, 0) is 24.2 Å². The number of benzene rings is 1. The summed E-state index contributed by atoms with van der Waals surface area (Å²) >= 11 is 0. The number of hydrazone groups is 1. The summed E-state index contributed by atoms with van der Waals surface area (Å²) in [5.41, 5.74) is 3.34. The molecule has 2 aliphatic carbocycles. The summed E-state index contributed by atoms with van der Waals surface area (Å²) in [6, 6.07) is 6.15. The van der Waals surface area contributed by atoms with Gasteiger partial charge in [-0.2, -0.15) is 5.10 Å². The number of non-ortho nitro benzene ring substituents is 1. The third-order valence-electron chi connectivity index (χ3n) is 5.08. The van der Waals surface area contributed by atoms with Gasteiger partial charge >= 0.3 is 0 Å². The van der Waals surface area contributed by atoms with Crippen molar-refractivity contribution in [3.05, 3.63) is 39.9 Å². The molecule has 0 aliphatic heterocycles. The minimum absolute atomic E-state index is 0.0102. The maximum absolute atomic E-state index is 12.2. The lowest BCUT2D eigenvalue weighted by atomic mass is 9.90. The molecule has 0 radical (unpaired) electrons. The van der Waals surface area contributed by atoms with Gasteiger partial charge in [0.1, 0.15) is 0 Å². The molecule has 0 bridgehead atoms. The van der Waals surface area contributed by atoms with Crippen LogP contribution in [0.1, 0.15) is 38.2 Å². The van der Waals surface area contributed by atoms with Gasteiger partial charge in [0, 0.05) is 23.6 Å². The molecule has 1 aromatic carbocycles. The smallest absolute Gasteiger partial charge is 0.270 e. The van der Waals surface area contributed by atoms with E-state index in [0.29, 0.717) is 11.5 Å². The van der Waals surface area contributed by atoms with Gasteiger partial charge in [-0.25, -0.2) is 5.43 Å². The molecule has 3 rings (SSSR count). The van der Waals surface area contributed by atoms with Crippen LogP contribution in [-0.4, -0.2) is 17.0 Å². The summed E-state index contributed by atoms with van der Waals surface area (Å²) in [4.78, 5) is 22.5. The molecular weight excluding hydrogens is 282 g/mol. The summed E-state index contributed by atoms with van der Waals surface area (Å²) < 4.78 is 0. The van der Waals surface area contributed by atoms with Crippen molar-refractivity contribution in [1.29, 1.82) is 0 Å². The lowest BCUT2D eigenvalue weighted by Crippen LogP contribution is -2.22. The van der Waals surface area contributed by atoms with Crippen LogP contribution in [0.3, 0.4) is 0 Å². The molecule has 6 heteroatoms. The molecule has 0 aromatic heterocycles. The quantitative estimate of drug-likeness (QED) is 0.527. The van der Waals surface area contributed by atoms with Gasteiger partial charge in [0.25, 0.3) is 5.69 Å². The first-order valence-corrected chi connectivity index (χ1v) is 7.60. The van der Waals surface area contributed by atoms with Crippen molar-refractivity contribution >= 4 is 17.8 Å². The number of carbonyl (C=O) groups excluding carboxylic acids is 1. The number of amides is 1. The molecule has 2 aliphatic rings. The number of nitrogens with one attached hydrogen (secondary N) is 1. The fraction of sp³-hybridized carbons (Fsp3) is 0.500. The summed E-state index contributed by atoms with van der Waals surface area (Å²) in [6.07, 6.45) is 6.10. The first kappa shape index (κ1) is 14.7. The van der Waals surface area contributed by atoms with Gasteiger partial charge in [-0.1, -0.05) is 31.9 Å². The van der Waals surface area contributed by atoms with Crippen molar-refractivity contribution in [2.45, 2.75) is 32.6 Å². The Morgan fingerprint density at radius 1 is 1.50 bits per heavy atom. The summed E-state index contributed by atoms with van der Waals surface area (Å²) in [5, 5.41) is 14.6. The van der Waals surface area contributed by atoms with Crippen molar-refractivity contribution in [1.82, 2.24) is 5.43 Å². The van der Waals surface area contributed by atoms with E-state index in [1.165, 1.54) is 31.2 Å². The van der Waals surface area contributed by atoms with E-state index in [2.05, 4.69) is 17.5 Å². The highest BCUT2D eigenvalue weighted by atomic mass is 16.6. The third kappa shape index (κ3) is 2.61. The molecule has 0 heterocycles. The largest absolute Gasteiger partial charge is 0.273 e. The minimum Gasteiger partial charge on any atom is -0.273 e. The van der Waals surface area contributed by atoms with Gasteiger partial charge < -0.3 is 0 Å². The second-order valence-electron chi connectivity index (χ2n) is 6.42. The van der Waals surface area contributed by atoms with Crippen molar-refractivity contribution in [2.24, 2.45) is 22.4 Å². The lowest BCUT2D eigenvalue weighted by molar-refractivity contribution is -0.384. The summed E-state index contributed by atoms with van der Waals surface area (Å²) in [7, 11) is 0. The third-order valence-corrected chi connectivity index (χ3v) is 5.08. The standard InChI is InChI=1S/C16H19N3O3/c1-16-8-3-2-7-13(16)14(16)15(20)18-17-10-11-5-4-6-12(9-11)19(21)22/h4-6,9-10,13-14H,2-3,7-8H2,1H3,(H,18,20)/b17-10-/t13-,14+,16-/m0/s1. The van der Waals surface area contributed by atoms with E-state index in [1.54, 1.807) is 12.1 Å². The average Bonchev–Trinajstić information content (AvgIpc) is 3.13. The second-order valence-corrected chi connectivity index (χ2v) is 6.42. The number of rotatable bonds is 4. The Hall–Kier alpha value is -2.24. The van der Waals surface area contributed by atoms with Crippen molar-refractivity contribution < 1.29 is 9.72 Å². The maximum atomic E-state index is 12.2. The van der Waals surface area contributed by atoms with E-state index in [1.807, 2.05) is 0 Å². The predicted molar refractivity (Wildman–Crippen MR) is 82.4 cm³/mol. The molecule has 22 heavy (non-hydrogen) atoms. The molecular formula is C16H19N3O3. The normalized spacial score (nSPS) is 29.9. The Labute approximate surface area is 128 Å². The monoisotopic (exact) mass is 301 g/mol. The summed E-state index contributed by atoms with van der Waals surface area (Å²) in [5.74, 6) is 0.530. The van der Waals surface area contributed by atoms with Crippen LogP contribution in [0.2, 0.25) is 0 Å². The van der Waals surface area contributed by atoms with Gasteiger partial charge in [0.05, 0.1) is 11.1 Å². The molecule has 0 saturated heterocycles. The van der Waals surface area contributed by atoms with Crippen molar-refractivity contribution in [3.8, 4) is 0 Å². The van der Waals surface area contributed by atoms with Crippen LogP contribution >= 0.6 is 0 Å². The number of hydrogen-bond donors (Lipinski definition) is 1. The molecule has 1 N–H and O–H groups in total. The van der Waals surface area contributed by atoms with E-state index < -0.39 is 4.92 Å². The van der Waals surface area contributed by atoms with Gasteiger partial charge in [0.15, 0.2) is 0 Å². The highest BCUT2D eigenvalue weighted by Crippen LogP contribution is 2.66. The van der Waals surface area contributed by atoms with Gasteiger partial charge in [-0.15, -0.1) is 0 Å². The zero-order valence-corrected chi connectivity index (χ0v) is 12.5. The molecule has 0 unspecified atom stereocenters. The van der Waals surface area contributed by atoms with Crippen molar-refractivity contribution in [2.75, 3.05) is 0 Å². The number of nitrogens with zero attached hydrogens (tertiary/aromatic N) is 2. The lowest BCUT2D eigenvalue weighted by Gasteiger charge is -2.15. The molecule has 2 saturated carbocycles. The zero-order chi connectivity index (χ0) is 15.7. The highest BCUT2D eigenvalue weighted by molar-refractivity contribution is 5.86. The van der Waals surface area contributed by atoms with Gasteiger partial charge in [0.2, 0.25) is 5.91 Å². The van der Waals surface area contributed by atoms with E-state index in [4.69, 9.17) is 0 Å². The highest BCUT2D eigenvalue weighted by Gasteiger charge is 2.64. The fourth-order valence-electron chi connectivity index (χ4n) is 3.81. The number of carbonyl (C=O) groups is 1. The van der Waals surface area contributed by atoms with Crippen LogP contribution < -0.4 is 5.43 Å². The molecule has 3 atom stereocenters. The molecule has 1 amide bonds. The Kier molecular flexibility index (Phi) is 3.68. The Bertz CT molecular complexity index is 643. The predicted octanol–water partition coefficient (Wildman–Crippen LogP) is 2.87. The van der Waals surface area contributed by atoms with Crippen LogP contribution in [0.15, 0.2) is 29.4 Å². The minimum atomic E-state index is -0.453. The molecule has 1 aromatic rings. The average molecular weight is 301 g/mol.